The van der Waals surface area contributed by atoms with Gasteiger partial charge in [0.25, 0.3) is 5.91 Å². The number of halogens is 4. The van der Waals surface area contributed by atoms with Gasteiger partial charge in [0.05, 0.1) is 17.1 Å². The maximum atomic E-state index is 15.5. The zero-order valence-electron chi connectivity index (χ0n) is 23.1. The molecule has 2 unspecified atom stereocenters. The first-order valence-corrected chi connectivity index (χ1v) is 14.4. The van der Waals surface area contributed by atoms with Crippen LogP contribution in [0.4, 0.5) is 8.78 Å². The number of nitrogens with zero attached hydrogens (tertiary/aromatic N) is 3. The normalized spacial score (nSPS) is 20.5. The SMILES string of the molecule is C1CCOC1.CC(O)(c1cc(F)c2c(c1)C(=O)N(Cc1ncc(Cl)cn1)C2O)C1(F)CCOCC1.Clc1ccccc1. The van der Waals surface area contributed by atoms with Gasteiger partial charge < -0.3 is 24.6 Å². The van der Waals surface area contributed by atoms with Gasteiger partial charge in [-0.3, -0.25) is 4.79 Å². The van der Waals surface area contributed by atoms with Gasteiger partial charge >= 0.3 is 0 Å². The Bertz CT molecular complexity index is 1330. The van der Waals surface area contributed by atoms with Crippen LogP contribution >= 0.6 is 23.2 Å². The van der Waals surface area contributed by atoms with Crippen LogP contribution in [0, 0.1) is 5.82 Å². The quantitative estimate of drug-likeness (QED) is 0.379. The second-order valence-electron chi connectivity index (χ2n) is 10.3. The van der Waals surface area contributed by atoms with Crippen LogP contribution < -0.4 is 0 Å². The molecule has 4 heterocycles. The topological polar surface area (TPSA) is 105 Å². The van der Waals surface area contributed by atoms with Crippen molar-refractivity contribution in [3.05, 3.63) is 93.2 Å². The lowest BCUT2D eigenvalue weighted by Crippen LogP contribution is -2.50. The number of hydrogen-bond donors (Lipinski definition) is 2. The van der Waals surface area contributed by atoms with Crippen molar-refractivity contribution in [2.45, 2.75) is 56.6 Å². The highest BCUT2D eigenvalue weighted by Crippen LogP contribution is 2.45. The smallest absolute Gasteiger partial charge is 0.257 e. The van der Waals surface area contributed by atoms with Crippen molar-refractivity contribution in [1.82, 2.24) is 14.9 Å². The summed E-state index contributed by atoms with van der Waals surface area (Å²) in [5.41, 5.74) is -4.53. The molecule has 2 atom stereocenters. The van der Waals surface area contributed by atoms with Gasteiger partial charge in [0.1, 0.15) is 22.9 Å². The number of rotatable bonds is 4. The largest absolute Gasteiger partial charge is 0.382 e. The van der Waals surface area contributed by atoms with Gasteiger partial charge in [-0.2, -0.15) is 0 Å². The van der Waals surface area contributed by atoms with E-state index in [-0.39, 0.29) is 55.1 Å². The molecule has 3 aliphatic heterocycles. The number of benzene rings is 2. The van der Waals surface area contributed by atoms with E-state index in [0.29, 0.717) is 5.02 Å². The van der Waals surface area contributed by atoms with E-state index in [1.165, 1.54) is 38.2 Å². The summed E-state index contributed by atoms with van der Waals surface area (Å²) in [6.45, 7) is 3.34. The second kappa shape index (κ2) is 14.2. The fourth-order valence-electron chi connectivity index (χ4n) is 4.86. The lowest BCUT2D eigenvalue weighted by atomic mass is 9.75. The number of carbonyl (C=O) groups is 1. The van der Waals surface area contributed by atoms with Crippen molar-refractivity contribution < 1.29 is 33.3 Å². The summed E-state index contributed by atoms with van der Waals surface area (Å²) >= 11 is 11.3. The van der Waals surface area contributed by atoms with Gasteiger partial charge in [-0.15, -0.1) is 0 Å². The number of aliphatic hydroxyl groups excluding tert-OH is 1. The minimum Gasteiger partial charge on any atom is -0.382 e. The van der Waals surface area contributed by atoms with Gasteiger partial charge in [0.2, 0.25) is 0 Å². The average molecular weight is 625 g/mol. The highest BCUT2D eigenvalue weighted by Gasteiger charge is 2.51. The first kappa shape index (κ1) is 32.2. The molecule has 2 aromatic carbocycles. The van der Waals surface area contributed by atoms with E-state index in [1.54, 1.807) is 0 Å². The third-order valence-corrected chi connectivity index (χ3v) is 7.89. The molecule has 2 fully saturated rings. The summed E-state index contributed by atoms with van der Waals surface area (Å²) in [4.78, 5) is 21.8. The molecule has 3 aromatic rings. The third kappa shape index (κ3) is 7.42. The lowest BCUT2D eigenvalue weighted by Gasteiger charge is -2.41. The van der Waals surface area contributed by atoms with Gasteiger partial charge in [0, 0.05) is 62.2 Å². The van der Waals surface area contributed by atoms with Crippen LogP contribution in [-0.4, -0.2) is 63.1 Å². The number of aromatic nitrogens is 2. The zero-order chi connectivity index (χ0) is 30.3. The van der Waals surface area contributed by atoms with Crippen molar-refractivity contribution in [3.63, 3.8) is 0 Å². The van der Waals surface area contributed by atoms with Crippen LogP contribution in [0.2, 0.25) is 10.0 Å². The predicted octanol–water partition coefficient (Wildman–Crippen LogP) is 5.78. The Morgan fingerprint density at radius 3 is 2.14 bits per heavy atom. The molecule has 226 valence electrons. The van der Waals surface area contributed by atoms with Crippen LogP contribution in [0.15, 0.2) is 54.9 Å². The summed E-state index contributed by atoms with van der Waals surface area (Å²) in [7, 11) is 0. The lowest BCUT2D eigenvalue weighted by molar-refractivity contribution is -0.143. The van der Waals surface area contributed by atoms with Crippen molar-refractivity contribution in [3.8, 4) is 0 Å². The maximum absolute atomic E-state index is 15.5. The first-order valence-electron chi connectivity index (χ1n) is 13.6. The molecule has 0 spiro atoms. The molecule has 1 aromatic heterocycles. The minimum absolute atomic E-state index is 0.0602. The van der Waals surface area contributed by atoms with Crippen molar-refractivity contribution in [2.24, 2.45) is 0 Å². The highest BCUT2D eigenvalue weighted by atomic mass is 35.5. The standard InChI is InChI=1S/C20H20ClF2N3O4.C6H5Cl.C4H8O/c1-19(29,20(23)2-4-30-5-3-20)11-6-13-16(14(22)7-11)18(28)26(17(13)27)10-15-24-8-12(21)9-25-15;7-6-4-2-1-3-5-6;1-2-4-5-3-1/h6-9,18,28-29H,2-5,10H2,1H3;1-5H;1-4H2. The fraction of sp³-hybridized carbons (Fsp3) is 0.433. The Morgan fingerprint density at radius 2 is 1.62 bits per heavy atom. The molecule has 1 amide bonds. The Balaban J connectivity index is 0.000000278. The zero-order valence-corrected chi connectivity index (χ0v) is 24.6. The van der Waals surface area contributed by atoms with E-state index >= 15 is 4.39 Å². The molecular weight excluding hydrogens is 591 g/mol. The van der Waals surface area contributed by atoms with Crippen LogP contribution in [0.1, 0.15) is 66.1 Å². The predicted molar refractivity (Wildman–Crippen MR) is 153 cm³/mol. The van der Waals surface area contributed by atoms with Crippen LogP contribution in [0.3, 0.4) is 0 Å². The Kier molecular flexibility index (Phi) is 10.9. The number of aliphatic hydroxyl groups is 2. The molecule has 12 heteroatoms. The monoisotopic (exact) mass is 623 g/mol. The number of ether oxygens (including phenoxy) is 2. The summed E-state index contributed by atoms with van der Waals surface area (Å²) in [5, 5.41) is 22.6. The molecule has 0 bridgehead atoms. The fourth-order valence-corrected chi connectivity index (χ4v) is 5.10. The van der Waals surface area contributed by atoms with Gasteiger partial charge in [0.15, 0.2) is 6.23 Å². The summed E-state index contributed by atoms with van der Waals surface area (Å²) in [6, 6.07) is 11.7. The molecular formula is C30H33Cl2F2N3O5. The van der Waals surface area contributed by atoms with E-state index in [9.17, 15) is 19.4 Å². The molecule has 0 saturated carbocycles. The number of fused-ring (bicyclic) bond motifs is 1. The van der Waals surface area contributed by atoms with Crippen LogP contribution in [-0.2, 0) is 21.6 Å². The van der Waals surface area contributed by atoms with E-state index < -0.39 is 29.2 Å². The first-order chi connectivity index (χ1) is 20.0. The van der Waals surface area contributed by atoms with E-state index in [4.69, 9.17) is 32.7 Å². The highest BCUT2D eigenvalue weighted by molar-refractivity contribution is 6.30. The van der Waals surface area contributed by atoms with Crippen LogP contribution in [0.5, 0.6) is 0 Å². The van der Waals surface area contributed by atoms with Crippen LogP contribution in [0.25, 0.3) is 0 Å². The number of alkyl halides is 1. The third-order valence-electron chi connectivity index (χ3n) is 7.44. The summed E-state index contributed by atoms with van der Waals surface area (Å²) in [6.07, 6.45) is 3.56. The number of hydrogen-bond acceptors (Lipinski definition) is 7. The molecule has 2 saturated heterocycles. The Morgan fingerprint density at radius 1 is 1.02 bits per heavy atom. The molecule has 2 N–H and O–H groups in total. The molecule has 0 radical (unpaired) electrons. The Labute approximate surface area is 253 Å². The molecule has 42 heavy (non-hydrogen) atoms. The Hall–Kier alpha value is -2.73. The van der Waals surface area contributed by atoms with Gasteiger partial charge in [-0.05, 0) is 49.6 Å². The maximum Gasteiger partial charge on any atom is 0.257 e. The molecule has 0 aliphatic carbocycles. The molecule has 6 rings (SSSR count). The summed E-state index contributed by atoms with van der Waals surface area (Å²) < 4.78 is 40.5. The van der Waals surface area contributed by atoms with Crippen molar-refractivity contribution in [1.29, 1.82) is 0 Å². The van der Waals surface area contributed by atoms with E-state index in [0.717, 1.165) is 29.2 Å². The van der Waals surface area contributed by atoms with Gasteiger partial charge in [-0.1, -0.05) is 41.4 Å². The van der Waals surface area contributed by atoms with Crippen molar-refractivity contribution in [2.75, 3.05) is 26.4 Å². The average Bonchev–Trinajstić information content (AvgIpc) is 3.64. The second-order valence-corrected chi connectivity index (χ2v) is 11.2. The van der Waals surface area contributed by atoms with E-state index in [1.807, 2.05) is 30.3 Å². The number of amides is 1. The van der Waals surface area contributed by atoms with Crippen molar-refractivity contribution >= 4 is 29.1 Å². The van der Waals surface area contributed by atoms with E-state index in [2.05, 4.69) is 9.97 Å². The molecule has 8 nitrogen and oxygen atoms in total. The number of carbonyl (C=O) groups excluding carboxylic acids is 1. The minimum atomic E-state index is -2.05. The summed E-state index contributed by atoms with van der Waals surface area (Å²) in [5.74, 6) is -1.37. The molecule has 3 aliphatic rings. The van der Waals surface area contributed by atoms with Gasteiger partial charge in [-0.25, -0.2) is 18.7 Å².